The Labute approximate surface area is 158 Å². The van der Waals surface area contributed by atoms with Crippen LogP contribution in [-0.4, -0.2) is 43.3 Å². The molecule has 0 saturated carbocycles. The van der Waals surface area contributed by atoms with E-state index >= 15 is 0 Å². The highest BCUT2D eigenvalue weighted by atomic mass is 32.2. The molecule has 0 spiro atoms. The van der Waals surface area contributed by atoms with Crippen molar-refractivity contribution in [3.05, 3.63) is 41.9 Å². The molecule has 0 unspecified atom stereocenters. The number of ether oxygens (including phenoxy) is 1. The van der Waals surface area contributed by atoms with Gasteiger partial charge in [0.25, 0.3) is 0 Å². The van der Waals surface area contributed by atoms with Crippen molar-refractivity contribution in [3.63, 3.8) is 0 Å². The summed E-state index contributed by atoms with van der Waals surface area (Å²) in [5.74, 6) is -0.277. The van der Waals surface area contributed by atoms with Crippen LogP contribution in [0.3, 0.4) is 0 Å². The third-order valence-electron chi connectivity index (χ3n) is 4.10. The molecule has 3 rings (SSSR count). The molecule has 0 saturated heterocycles. The molecule has 8 nitrogen and oxygen atoms in total. The number of aromatic nitrogens is 2. The zero-order valence-electron chi connectivity index (χ0n) is 15.5. The van der Waals surface area contributed by atoms with Gasteiger partial charge in [0, 0.05) is 12.7 Å². The maximum absolute atomic E-state index is 12.3. The van der Waals surface area contributed by atoms with E-state index < -0.39 is 16.0 Å². The van der Waals surface area contributed by atoms with E-state index in [9.17, 15) is 13.2 Å². The summed E-state index contributed by atoms with van der Waals surface area (Å²) in [6.45, 7) is 3.93. The van der Waals surface area contributed by atoms with Crippen LogP contribution >= 0.6 is 0 Å². The number of rotatable bonds is 5. The first kappa shape index (κ1) is 19.1. The van der Waals surface area contributed by atoms with Gasteiger partial charge in [0.2, 0.25) is 10.0 Å². The van der Waals surface area contributed by atoms with Crippen molar-refractivity contribution >= 4 is 33.2 Å². The molecule has 1 aliphatic heterocycles. The first-order valence-corrected chi connectivity index (χ1v) is 10.5. The molecule has 27 heavy (non-hydrogen) atoms. The standard InChI is InChI=1S/C18H22N4O4S/c1-12(2)26-18(23)14-10-19-11-20-17(14)21-15-8-4-6-13-7-5-9-22(16(13)15)27(3,24)25/h4,6,8,10-12H,5,7,9H2,1-3H3,(H,19,20,21). The van der Waals surface area contributed by atoms with Crippen LogP contribution in [0, 0.1) is 0 Å². The maximum atomic E-state index is 12.3. The van der Waals surface area contributed by atoms with Gasteiger partial charge in [0.1, 0.15) is 17.7 Å². The van der Waals surface area contributed by atoms with Crippen LogP contribution in [0.1, 0.15) is 36.2 Å². The summed E-state index contributed by atoms with van der Waals surface area (Å²) in [5.41, 5.74) is 2.27. The SMILES string of the molecule is CC(C)OC(=O)c1cncnc1Nc1cccc2c1N(S(C)(=O)=O)CCC2. The van der Waals surface area contributed by atoms with Crippen LogP contribution in [0.25, 0.3) is 0 Å². The fourth-order valence-corrected chi connectivity index (χ4v) is 4.04. The molecule has 1 N–H and O–H groups in total. The molecule has 0 radical (unpaired) electrons. The minimum Gasteiger partial charge on any atom is -0.459 e. The quantitative estimate of drug-likeness (QED) is 0.783. The predicted molar refractivity (Wildman–Crippen MR) is 103 cm³/mol. The van der Waals surface area contributed by atoms with Gasteiger partial charge in [-0.15, -0.1) is 0 Å². The molecule has 1 aliphatic rings. The van der Waals surface area contributed by atoms with E-state index in [0.717, 1.165) is 18.4 Å². The van der Waals surface area contributed by atoms with Crippen molar-refractivity contribution in [2.75, 3.05) is 22.4 Å². The van der Waals surface area contributed by atoms with Crippen molar-refractivity contribution < 1.29 is 17.9 Å². The van der Waals surface area contributed by atoms with Crippen LogP contribution in [0.15, 0.2) is 30.7 Å². The molecule has 1 aromatic carbocycles. The van der Waals surface area contributed by atoms with Crippen LogP contribution < -0.4 is 9.62 Å². The first-order valence-electron chi connectivity index (χ1n) is 8.65. The van der Waals surface area contributed by atoms with E-state index in [1.54, 1.807) is 19.9 Å². The van der Waals surface area contributed by atoms with Gasteiger partial charge in [-0.3, -0.25) is 4.31 Å². The van der Waals surface area contributed by atoms with Gasteiger partial charge in [-0.1, -0.05) is 12.1 Å². The van der Waals surface area contributed by atoms with Crippen molar-refractivity contribution in [3.8, 4) is 0 Å². The number of nitrogens with zero attached hydrogens (tertiary/aromatic N) is 3. The number of esters is 1. The van der Waals surface area contributed by atoms with Crippen LogP contribution in [0.5, 0.6) is 0 Å². The molecule has 0 atom stereocenters. The number of benzene rings is 1. The molecule has 9 heteroatoms. The lowest BCUT2D eigenvalue weighted by Gasteiger charge is -2.31. The van der Waals surface area contributed by atoms with E-state index in [1.807, 2.05) is 12.1 Å². The Bertz CT molecular complexity index is 960. The van der Waals surface area contributed by atoms with E-state index in [0.29, 0.717) is 17.9 Å². The summed E-state index contributed by atoms with van der Waals surface area (Å²) in [5, 5.41) is 3.10. The second kappa shape index (κ2) is 7.51. The van der Waals surface area contributed by atoms with Gasteiger partial charge >= 0.3 is 5.97 Å². The van der Waals surface area contributed by atoms with Crippen LogP contribution in [0.4, 0.5) is 17.2 Å². The summed E-state index contributed by atoms with van der Waals surface area (Å²) in [6, 6.07) is 5.52. The Morgan fingerprint density at radius 2 is 2.11 bits per heavy atom. The highest BCUT2D eigenvalue weighted by Crippen LogP contribution is 2.37. The third-order valence-corrected chi connectivity index (χ3v) is 5.27. The zero-order chi connectivity index (χ0) is 19.6. The van der Waals surface area contributed by atoms with Gasteiger partial charge in [-0.05, 0) is 38.3 Å². The molecule has 0 bridgehead atoms. The smallest absolute Gasteiger partial charge is 0.343 e. The van der Waals surface area contributed by atoms with Crippen molar-refractivity contribution in [1.82, 2.24) is 9.97 Å². The summed E-state index contributed by atoms with van der Waals surface area (Å²) in [7, 11) is -3.43. The van der Waals surface area contributed by atoms with E-state index in [4.69, 9.17) is 4.74 Å². The Kier molecular flexibility index (Phi) is 5.31. The fourth-order valence-electron chi connectivity index (χ4n) is 3.03. The lowest BCUT2D eigenvalue weighted by Crippen LogP contribution is -2.35. The fraction of sp³-hybridized carbons (Fsp3) is 0.389. The second-order valence-electron chi connectivity index (χ2n) is 6.62. The monoisotopic (exact) mass is 390 g/mol. The zero-order valence-corrected chi connectivity index (χ0v) is 16.3. The number of carbonyl (C=O) groups excluding carboxylic acids is 1. The number of para-hydroxylation sites is 1. The lowest BCUT2D eigenvalue weighted by atomic mass is 10.0. The van der Waals surface area contributed by atoms with Gasteiger partial charge in [0.15, 0.2) is 0 Å². The van der Waals surface area contributed by atoms with E-state index in [-0.39, 0.29) is 17.5 Å². The minimum absolute atomic E-state index is 0.186. The molecule has 144 valence electrons. The normalized spacial score (nSPS) is 14.0. The van der Waals surface area contributed by atoms with Crippen molar-refractivity contribution in [1.29, 1.82) is 0 Å². The summed E-state index contributed by atoms with van der Waals surface area (Å²) >= 11 is 0. The summed E-state index contributed by atoms with van der Waals surface area (Å²) < 4.78 is 31.1. The third kappa shape index (κ3) is 4.19. The topological polar surface area (TPSA) is 101 Å². The van der Waals surface area contributed by atoms with Gasteiger partial charge < -0.3 is 10.1 Å². The molecular weight excluding hydrogens is 368 g/mol. The molecule has 2 aromatic rings. The van der Waals surface area contributed by atoms with E-state index in [2.05, 4.69) is 15.3 Å². The number of sulfonamides is 1. The van der Waals surface area contributed by atoms with Gasteiger partial charge in [-0.25, -0.2) is 23.2 Å². The Morgan fingerprint density at radius 3 is 2.81 bits per heavy atom. The number of anilines is 3. The molecule has 1 aromatic heterocycles. The molecule has 0 amide bonds. The molecule has 2 heterocycles. The van der Waals surface area contributed by atoms with Crippen LogP contribution in [-0.2, 0) is 21.2 Å². The Morgan fingerprint density at radius 1 is 1.33 bits per heavy atom. The number of nitrogens with one attached hydrogen (secondary N) is 1. The van der Waals surface area contributed by atoms with Crippen LogP contribution in [0.2, 0.25) is 0 Å². The predicted octanol–water partition coefficient (Wildman–Crippen LogP) is 2.50. The Hall–Kier alpha value is -2.68. The molecular formula is C18H22N4O4S. The number of hydrogen-bond acceptors (Lipinski definition) is 7. The molecule has 0 aliphatic carbocycles. The van der Waals surface area contributed by atoms with E-state index in [1.165, 1.54) is 23.1 Å². The van der Waals surface area contributed by atoms with Crippen molar-refractivity contribution in [2.45, 2.75) is 32.8 Å². The average molecular weight is 390 g/mol. The van der Waals surface area contributed by atoms with Gasteiger partial charge in [0.05, 0.1) is 23.7 Å². The largest absolute Gasteiger partial charge is 0.459 e. The number of carbonyl (C=O) groups is 1. The van der Waals surface area contributed by atoms with Gasteiger partial charge in [-0.2, -0.15) is 0 Å². The van der Waals surface area contributed by atoms with Crippen molar-refractivity contribution in [2.24, 2.45) is 0 Å². The highest BCUT2D eigenvalue weighted by molar-refractivity contribution is 7.92. The average Bonchev–Trinajstić information content (AvgIpc) is 2.60. The summed E-state index contributed by atoms with van der Waals surface area (Å²) in [4.78, 5) is 20.4. The Balaban J connectivity index is 2.03. The number of hydrogen-bond donors (Lipinski definition) is 1. The summed E-state index contributed by atoms with van der Waals surface area (Å²) in [6.07, 6.45) is 5.14. The molecule has 0 fully saturated rings. The minimum atomic E-state index is -3.43. The second-order valence-corrected chi connectivity index (χ2v) is 8.52. The number of fused-ring (bicyclic) bond motifs is 1. The highest BCUT2D eigenvalue weighted by Gasteiger charge is 2.27. The number of aryl methyl sites for hydroxylation is 1. The lowest BCUT2D eigenvalue weighted by molar-refractivity contribution is 0.0378. The first-order chi connectivity index (χ1) is 12.8. The maximum Gasteiger partial charge on any atom is 0.343 e.